The molecule has 1 aromatic rings. The van der Waals surface area contributed by atoms with Crippen LogP contribution in [0.5, 0.6) is 11.5 Å². The number of amides is 2. The van der Waals surface area contributed by atoms with Gasteiger partial charge in [-0.3, -0.25) is 9.59 Å². The number of likely N-dealkylation sites (tertiary alicyclic amines) is 1. The molecule has 0 bridgehead atoms. The molecule has 0 radical (unpaired) electrons. The van der Waals surface area contributed by atoms with E-state index in [0.717, 1.165) is 0 Å². The number of benzene rings is 1. The average Bonchev–Trinajstić information content (AvgIpc) is 3.08. The topological polar surface area (TPSA) is 119 Å². The van der Waals surface area contributed by atoms with E-state index in [0.29, 0.717) is 36.4 Å². The van der Waals surface area contributed by atoms with Gasteiger partial charge in [0.05, 0.1) is 7.11 Å². The molecule has 1 aliphatic heterocycles. The van der Waals surface area contributed by atoms with E-state index in [-0.39, 0.29) is 12.5 Å². The molecule has 1 atom stereocenters. The predicted molar refractivity (Wildman–Crippen MR) is 89.1 cm³/mol. The van der Waals surface area contributed by atoms with Gasteiger partial charge in [0.1, 0.15) is 6.04 Å². The summed E-state index contributed by atoms with van der Waals surface area (Å²) in [4.78, 5) is 35.5. The second kappa shape index (κ2) is 8.18. The van der Waals surface area contributed by atoms with E-state index in [1.54, 1.807) is 24.3 Å². The largest absolute Gasteiger partial charge is 0.493 e. The molecule has 134 valence electrons. The third-order valence-corrected chi connectivity index (χ3v) is 3.80. The summed E-state index contributed by atoms with van der Waals surface area (Å²) in [5.41, 5.74) is 5.70. The van der Waals surface area contributed by atoms with Gasteiger partial charge in [-0.05, 0) is 36.6 Å². The van der Waals surface area contributed by atoms with Crippen LogP contribution in [0.1, 0.15) is 18.4 Å². The van der Waals surface area contributed by atoms with Gasteiger partial charge in [-0.15, -0.1) is 0 Å². The Labute approximate surface area is 144 Å². The number of carbonyl (C=O) groups is 3. The molecular formula is C17H20N2O6. The van der Waals surface area contributed by atoms with Gasteiger partial charge >= 0.3 is 5.97 Å². The Balaban J connectivity index is 2.08. The predicted octanol–water partition coefficient (Wildman–Crippen LogP) is 0.648. The zero-order valence-electron chi connectivity index (χ0n) is 13.8. The molecule has 8 nitrogen and oxygen atoms in total. The zero-order chi connectivity index (χ0) is 18.4. The number of carbonyl (C=O) groups excluding carboxylic acids is 2. The normalized spacial score (nSPS) is 16.8. The van der Waals surface area contributed by atoms with Crippen LogP contribution in [-0.4, -0.2) is 54.1 Å². The highest BCUT2D eigenvalue weighted by atomic mass is 16.5. The van der Waals surface area contributed by atoms with Gasteiger partial charge in [-0.25, -0.2) is 4.79 Å². The fraction of sp³-hybridized carbons (Fsp3) is 0.353. The smallest absolute Gasteiger partial charge is 0.326 e. The summed E-state index contributed by atoms with van der Waals surface area (Å²) >= 11 is 0. The van der Waals surface area contributed by atoms with Crippen molar-refractivity contribution in [3.8, 4) is 11.5 Å². The standard InChI is InChI=1S/C17H20N2O6/c1-24-14-9-11(4-6-13(14)25-10-15(18)20)5-7-16(21)19-8-2-3-12(19)17(22)23/h4-7,9,12H,2-3,8,10H2,1H3,(H2,18,20)(H,22,23). The van der Waals surface area contributed by atoms with Gasteiger partial charge in [0.2, 0.25) is 5.91 Å². The number of nitrogens with two attached hydrogens (primary N) is 1. The number of carboxylic acids is 1. The molecule has 2 amide bonds. The highest BCUT2D eigenvalue weighted by Gasteiger charge is 2.32. The van der Waals surface area contributed by atoms with Crippen LogP contribution in [0.25, 0.3) is 6.08 Å². The number of rotatable bonds is 7. The number of nitrogens with zero attached hydrogens (tertiary/aromatic N) is 1. The van der Waals surface area contributed by atoms with E-state index < -0.39 is 17.9 Å². The Morgan fingerprint density at radius 3 is 2.76 bits per heavy atom. The zero-order valence-corrected chi connectivity index (χ0v) is 13.8. The molecule has 1 aliphatic rings. The average molecular weight is 348 g/mol. The number of methoxy groups -OCH3 is 1. The van der Waals surface area contributed by atoms with Crippen molar-refractivity contribution < 1.29 is 29.0 Å². The summed E-state index contributed by atoms with van der Waals surface area (Å²) in [5.74, 6) is -1.19. The first-order chi connectivity index (χ1) is 11.9. The van der Waals surface area contributed by atoms with Crippen LogP contribution in [0.15, 0.2) is 24.3 Å². The Kier molecular flexibility index (Phi) is 5.99. The second-order valence-corrected chi connectivity index (χ2v) is 5.53. The lowest BCUT2D eigenvalue weighted by atomic mass is 10.1. The van der Waals surface area contributed by atoms with Crippen molar-refractivity contribution in [3.63, 3.8) is 0 Å². The van der Waals surface area contributed by atoms with Gasteiger partial charge in [-0.2, -0.15) is 0 Å². The van der Waals surface area contributed by atoms with Crippen LogP contribution in [0, 0.1) is 0 Å². The lowest BCUT2D eigenvalue weighted by Crippen LogP contribution is -2.39. The first kappa shape index (κ1) is 18.3. The summed E-state index contributed by atoms with van der Waals surface area (Å²) in [6.07, 6.45) is 4.05. The minimum absolute atomic E-state index is 0.268. The quantitative estimate of drug-likeness (QED) is 0.698. The lowest BCUT2D eigenvalue weighted by Gasteiger charge is -2.19. The molecule has 0 aliphatic carbocycles. The SMILES string of the molecule is COc1cc(C=CC(=O)N2CCCC2C(=O)O)ccc1OCC(N)=O. The van der Waals surface area contributed by atoms with Crippen molar-refractivity contribution in [2.45, 2.75) is 18.9 Å². The van der Waals surface area contributed by atoms with Gasteiger partial charge < -0.3 is 25.2 Å². The van der Waals surface area contributed by atoms with Crippen LogP contribution in [0.3, 0.4) is 0 Å². The van der Waals surface area contributed by atoms with Crippen LogP contribution in [-0.2, 0) is 14.4 Å². The van der Waals surface area contributed by atoms with E-state index >= 15 is 0 Å². The minimum Gasteiger partial charge on any atom is -0.493 e. The highest BCUT2D eigenvalue weighted by molar-refractivity contribution is 5.94. The van der Waals surface area contributed by atoms with Crippen molar-refractivity contribution in [1.29, 1.82) is 0 Å². The summed E-state index contributed by atoms with van der Waals surface area (Å²) in [7, 11) is 1.45. The Bertz CT molecular complexity index is 700. The molecule has 0 aromatic heterocycles. The summed E-state index contributed by atoms with van der Waals surface area (Å²) < 4.78 is 10.4. The molecule has 0 spiro atoms. The van der Waals surface area contributed by atoms with Crippen LogP contribution in [0.2, 0.25) is 0 Å². The lowest BCUT2D eigenvalue weighted by molar-refractivity contribution is -0.146. The molecule has 25 heavy (non-hydrogen) atoms. The van der Waals surface area contributed by atoms with Crippen LogP contribution >= 0.6 is 0 Å². The molecule has 3 N–H and O–H groups in total. The molecule has 2 rings (SSSR count). The number of ether oxygens (including phenoxy) is 2. The summed E-state index contributed by atoms with van der Waals surface area (Å²) in [6, 6.07) is 4.15. The molecular weight excluding hydrogens is 328 g/mol. The molecule has 1 fully saturated rings. The van der Waals surface area contributed by atoms with E-state index in [9.17, 15) is 14.4 Å². The van der Waals surface area contributed by atoms with Crippen molar-refractivity contribution >= 4 is 23.9 Å². The summed E-state index contributed by atoms with van der Waals surface area (Å²) in [5, 5.41) is 9.12. The highest BCUT2D eigenvalue weighted by Crippen LogP contribution is 2.28. The van der Waals surface area contributed by atoms with Gasteiger partial charge in [0, 0.05) is 12.6 Å². The summed E-state index contributed by atoms with van der Waals surface area (Å²) in [6.45, 7) is 0.166. The third kappa shape index (κ3) is 4.72. The molecule has 1 heterocycles. The van der Waals surface area contributed by atoms with Crippen molar-refractivity contribution in [3.05, 3.63) is 29.8 Å². The Morgan fingerprint density at radius 1 is 1.36 bits per heavy atom. The van der Waals surface area contributed by atoms with Crippen molar-refractivity contribution in [1.82, 2.24) is 4.90 Å². The maximum absolute atomic E-state index is 12.2. The van der Waals surface area contributed by atoms with Crippen LogP contribution in [0.4, 0.5) is 0 Å². The Morgan fingerprint density at radius 2 is 2.12 bits per heavy atom. The number of primary amides is 1. The molecule has 8 heteroatoms. The molecule has 1 unspecified atom stereocenters. The number of carboxylic acid groups (broad SMARTS) is 1. The van der Waals surface area contributed by atoms with Gasteiger partial charge in [0.25, 0.3) is 5.91 Å². The van der Waals surface area contributed by atoms with E-state index in [1.165, 1.54) is 18.1 Å². The fourth-order valence-corrected chi connectivity index (χ4v) is 2.61. The Hall–Kier alpha value is -3.03. The van der Waals surface area contributed by atoms with Crippen LogP contribution < -0.4 is 15.2 Å². The minimum atomic E-state index is -0.989. The van der Waals surface area contributed by atoms with E-state index in [1.807, 2.05) is 0 Å². The number of hydrogen-bond donors (Lipinski definition) is 2. The number of aliphatic carboxylic acids is 1. The van der Waals surface area contributed by atoms with Crippen molar-refractivity contribution in [2.75, 3.05) is 20.3 Å². The third-order valence-electron chi connectivity index (χ3n) is 3.80. The van der Waals surface area contributed by atoms with E-state index in [4.69, 9.17) is 20.3 Å². The van der Waals surface area contributed by atoms with Gasteiger partial charge in [0.15, 0.2) is 18.1 Å². The van der Waals surface area contributed by atoms with Crippen molar-refractivity contribution in [2.24, 2.45) is 5.73 Å². The first-order valence-electron chi connectivity index (χ1n) is 7.73. The molecule has 0 saturated carbocycles. The first-order valence-corrected chi connectivity index (χ1v) is 7.73. The maximum atomic E-state index is 12.2. The monoisotopic (exact) mass is 348 g/mol. The van der Waals surface area contributed by atoms with E-state index in [2.05, 4.69) is 0 Å². The second-order valence-electron chi connectivity index (χ2n) is 5.53. The number of hydrogen-bond acceptors (Lipinski definition) is 5. The van der Waals surface area contributed by atoms with Gasteiger partial charge in [-0.1, -0.05) is 6.07 Å². The molecule has 1 aromatic carbocycles. The maximum Gasteiger partial charge on any atom is 0.326 e. The fourth-order valence-electron chi connectivity index (χ4n) is 2.61. The molecule has 1 saturated heterocycles.